The van der Waals surface area contributed by atoms with E-state index in [1.165, 1.54) is 13.1 Å². The van der Waals surface area contributed by atoms with Gasteiger partial charge in [-0.3, -0.25) is 9.10 Å². The Balaban J connectivity index is 1.65. The molecule has 0 bridgehead atoms. The molecule has 0 aromatic heterocycles. The third-order valence-corrected chi connectivity index (χ3v) is 6.71. The van der Waals surface area contributed by atoms with E-state index in [2.05, 4.69) is 10.5 Å². The molecule has 2 aromatic carbocycles. The van der Waals surface area contributed by atoms with Crippen molar-refractivity contribution in [3.63, 3.8) is 0 Å². The minimum Gasteiger partial charge on any atom is -0.489 e. The van der Waals surface area contributed by atoms with Gasteiger partial charge < -0.3 is 4.74 Å². The van der Waals surface area contributed by atoms with Gasteiger partial charge in [0.25, 0.3) is 5.91 Å². The van der Waals surface area contributed by atoms with Gasteiger partial charge >= 0.3 is 0 Å². The van der Waals surface area contributed by atoms with Crippen LogP contribution in [0.2, 0.25) is 0 Å². The zero-order valence-electron chi connectivity index (χ0n) is 16.2. The van der Waals surface area contributed by atoms with Gasteiger partial charge in [-0.25, -0.2) is 13.8 Å². The van der Waals surface area contributed by atoms with Crippen LogP contribution in [0, 0.1) is 0 Å². The fraction of sp³-hybridized carbons (Fsp3) is 0.300. The van der Waals surface area contributed by atoms with Gasteiger partial charge in [0.15, 0.2) is 0 Å². The lowest BCUT2D eigenvalue weighted by atomic mass is 10.2. The summed E-state index contributed by atoms with van der Waals surface area (Å²) in [6.07, 6.45) is 2.81. The van der Waals surface area contributed by atoms with E-state index in [-0.39, 0.29) is 6.10 Å². The molecule has 0 unspecified atom stereocenters. The maximum atomic E-state index is 12.5. The van der Waals surface area contributed by atoms with E-state index in [0.29, 0.717) is 5.69 Å². The molecule has 0 saturated carbocycles. The van der Waals surface area contributed by atoms with Crippen molar-refractivity contribution in [3.8, 4) is 5.75 Å². The van der Waals surface area contributed by atoms with Crippen LogP contribution in [0.5, 0.6) is 5.75 Å². The number of para-hydroxylation sites is 1. The zero-order chi connectivity index (χ0) is 20.9. The molecule has 1 amide bonds. The number of anilines is 1. The third-order valence-electron chi connectivity index (χ3n) is 4.26. The van der Waals surface area contributed by atoms with Crippen molar-refractivity contribution in [2.45, 2.75) is 19.1 Å². The Morgan fingerprint density at radius 3 is 2.59 bits per heavy atom. The first-order valence-corrected chi connectivity index (χ1v) is 12.1. The van der Waals surface area contributed by atoms with Crippen LogP contribution < -0.4 is 14.5 Å². The normalized spacial score (nSPS) is 15.5. The van der Waals surface area contributed by atoms with Crippen molar-refractivity contribution in [2.75, 3.05) is 22.1 Å². The first kappa shape index (κ1) is 21.2. The minimum absolute atomic E-state index is 0.243. The Morgan fingerprint density at radius 2 is 1.97 bits per heavy atom. The first-order valence-electron chi connectivity index (χ1n) is 9.06. The molecule has 1 aliphatic heterocycles. The number of rotatable bonds is 8. The molecule has 0 spiro atoms. The van der Waals surface area contributed by atoms with E-state index in [1.807, 2.05) is 36.0 Å². The number of amides is 1. The highest BCUT2D eigenvalue weighted by molar-refractivity contribution is 8.00. The van der Waals surface area contributed by atoms with Gasteiger partial charge in [0, 0.05) is 11.5 Å². The zero-order valence-corrected chi connectivity index (χ0v) is 17.8. The lowest BCUT2D eigenvalue weighted by molar-refractivity contribution is -0.121. The molecule has 2 aromatic rings. The summed E-state index contributed by atoms with van der Waals surface area (Å²) < 4.78 is 31.3. The van der Waals surface area contributed by atoms with Crippen LogP contribution >= 0.6 is 11.8 Å². The average molecular weight is 434 g/mol. The van der Waals surface area contributed by atoms with Crippen molar-refractivity contribution in [3.05, 3.63) is 60.2 Å². The van der Waals surface area contributed by atoms with Gasteiger partial charge in [-0.1, -0.05) is 30.3 Å². The van der Waals surface area contributed by atoms with Gasteiger partial charge in [-0.2, -0.15) is 16.9 Å². The summed E-state index contributed by atoms with van der Waals surface area (Å²) >= 11 is 1.85. The van der Waals surface area contributed by atoms with E-state index < -0.39 is 22.0 Å². The van der Waals surface area contributed by atoms with Gasteiger partial charge in [-0.05, 0) is 36.8 Å². The Morgan fingerprint density at radius 1 is 1.24 bits per heavy atom. The van der Waals surface area contributed by atoms with Crippen LogP contribution in [0.25, 0.3) is 0 Å². The van der Waals surface area contributed by atoms with Gasteiger partial charge in [0.1, 0.15) is 17.9 Å². The monoisotopic (exact) mass is 433 g/mol. The smallest absolute Gasteiger partial charge is 0.263 e. The maximum absolute atomic E-state index is 12.5. The number of thioether (sulfide) groups is 1. The maximum Gasteiger partial charge on any atom is 0.263 e. The summed E-state index contributed by atoms with van der Waals surface area (Å²) in [5.41, 5.74) is 3.60. The van der Waals surface area contributed by atoms with Crippen molar-refractivity contribution >= 4 is 39.6 Å². The van der Waals surface area contributed by atoms with Crippen molar-refractivity contribution < 1.29 is 17.9 Å². The fourth-order valence-electron chi connectivity index (χ4n) is 2.79. The number of sulfonamides is 1. The number of nitrogens with one attached hydrogen (secondary N) is 1. The lowest BCUT2D eigenvalue weighted by Crippen LogP contribution is -2.46. The van der Waals surface area contributed by atoms with Crippen molar-refractivity contribution in [1.82, 2.24) is 5.43 Å². The number of nitrogens with zero attached hydrogens (tertiary/aromatic N) is 2. The highest BCUT2D eigenvalue weighted by Gasteiger charge is 2.28. The standard InChI is InChI=1S/C20H23N3O4S2/c1-15(23(29(2,25)26)17-8-4-3-5-9-17)20(24)22-21-12-16-7-6-10-18(11-16)27-19-13-28-14-19/h3-12,15,19H,13-14H2,1-2H3,(H,22,24)/b21-12-/t15-/m0/s1. The number of carbonyl (C=O) groups is 1. The van der Waals surface area contributed by atoms with Gasteiger partial charge in [0.2, 0.25) is 10.0 Å². The largest absolute Gasteiger partial charge is 0.489 e. The summed E-state index contributed by atoms with van der Waals surface area (Å²) in [6, 6.07) is 14.9. The molecule has 29 heavy (non-hydrogen) atoms. The molecular formula is C20H23N3O4S2. The predicted octanol–water partition coefficient (Wildman–Crippen LogP) is 2.49. The number of benzene rings is 2. The van der Waals surface area contributed by atoms with Crippen molar-refractivity contribution in [2.24, 2.45) is 5.10 Å². The predicted molar refractivity (Wildman–Crippen MR) is 117 cm³/mol. The van der Waals surface area contributed by atoms with E-state index in [0.717, 1.165) is 33.4 Å². The summed E-state index contributed by atoms with van der Waals surface area (Å²) in [5.74, 6) is 2.20. The van der Waals surface area contributed by atoms with Crippen LogP contribution in [0.15, 0.2) is 59.7 Å². The number of hydrogen-bond donors (Lipinski definition) is 1. The number of carbonyl (C=O) groups excluding carboxylic acids is 1. The molecule has 7 nitrogen and oxygen atoms in total. The molecule has 1 atom stereocenters. The second-order valence-electron chi connectivity index (χ2n) is 6.65. The van der Waals surface area contributed by atoms with Crippen LogP contribution in [0.1, 0.15) is 12.5 Å². The second kappa shape index (κ2) is 9.32. The topological polar surface area (TPSA) is 88.1 Å². The Hall–Kier alpha value is -2.52. The van der Waals surface area contributed by atoms with Crippen LogP contribution in [0.3, 0.4) is 0 Å². The molecule has 1 heterocycles. The molecule has 1 N–H and O–H groups in total. The van der Waals surface area contributed by atoms with Gasteiger partial charge in [0.05, 0.1) is 18.2 Å². The van der Waals surface area contributed by atoms with E-state index in [9.17, 15) is 13.2 Å². The molecule has 0 radical (unpaired) electrons. The van der Waals surface area contributed by atoms with Crippen molar-refractivity contribution in [1.29, 1.82) is 0 Å². The highest BCUT2D eigenvalue weighted by Crippen LogP contribution is 2.24. The highest BCUT2D eigenvalue weighted by atomic mass is 32.2. The SMILES string of the molecule is C[C@@H](C(=O)N/N=C\c1cccc(OC2CSC2)c1)N(c1ccccc1)S(C)(=O)=O. The molecule has 3 rings (SSSR count). The van der Waals surface area contributed by atoms with Gasteiger partial charge in [-0.15, -0.1) is 0 Å². The van der Waals surface area contributed by atoms with Crippen LogP contribution in [0.4, 0.5) is 5.69 Å². The van der Waals surface area contributed by atoms with E-state index in [1.54, 1.807) is 30.3 Å². The summed E-state index contributed by atoms with van der Waals surface area (Å²) in [4.78, 5) is 12.5. The lowest BCUT2D eigenvalue weighted by Gasteiger charge is -2.27. The second-order valence-corrected chi connectivity index (χ2v) is 9.59. The first-order chi connectivity index (χ1) is 13.8. The molecule has 1 aliphatic rings. The molecule has 154 valence electrons. The third kappa shape index (κ3) is 5.74. The molecular weight excluding hydrogens is 410 g/mol. The van der Waals surface area contributed by atoms with E-state index in [4.69, 9.17) is 4.74 Å². The Bertz CT molecular complexity index is 976. The van der Waals surface area contributed by atoms with E-state index >= 15 is 0 Å². The average Bonchev–Trinajstić information content (AvgIpc) is 2.65. The number of hydrazone groups is 1. The Kier molecular flexibility index (Phi) is 6.81. The summed E-state index contributed by atoms with van der Waals surface area (Å²) in [6.45, 7) is 1.52. The molecule has 1 fully saturated rings. The van der Waals surface area contributed by atoms with Crippen LogP contribution in [-0.4, -0.2) is 50.4 Å². The Labute approximate surface area is 175 Å². The quantitative estimate of drug-likeness (QED) is 0.510. The number of ether oxygens (including phenoxy) is 1. The van der Waals surface area contributed by atoms with Crippen LogP contribution in [-0.2, 0) is 14.8 Å². The molecule has 0 aliphatic carbocycles. The molecule has 9 heteroatoms. The minimum atomic E-state index is -3.65. The fourth-order valence-corrected chi connectivity index (χ4v) is 4.53. The molecule has 1 saturated heterocycles. The number of hydrogen-bond acceptors (Lipinski definition) is 6. The summed E-state index contributed by atoms with van der Waals surface area (Å²) in [7, 11) is -3.65. The summed E-state index contributed by atoms with van der Waals surface area (Å²) in [5, 5.41) is 3.97.